The summed E-state index contributed by atoms with van der Waals surface area (Å²) in [5.74, 6) is -2.78. The van der Waals surface area contributed by atoms with Gasteiger partial charge in [-0.15, -0.1) is 0 Å². The highest BCUT2D eigenvalue weighted by Crippen LogP contribution is 2.54. The second kappa shape index (κ2) is 29.2. The molecule has 0 aliphatic carbocycles. The fraction of sp³-hybridized carbons (Fsp3) is 0.228. The fourth-order valence-electron chi connectivity index (χ4n) is 14.1. The summed E-state index contributed by atoms with van der Waals surface area (Å²) in [6, 6.07) is 67.6. The highest BCUT2D eigenvalue weighted by Gasteiger charge is 2.61. The third-order valence-electron chi connectivity index (χ3n) is 19.1. The molecule has 2 aliphatic rings. The van der Waals surface area contributed by atoms with Crippen molar-refractivity contribution in [1.29, 1.82) is 5.26 Å². The fourth-order valence-corrected chi connectivity index (χ4v) is 14.1. The second-order valence-electron chi connectivity index (χ2n) is 24.7. The molecule has 21 nitrogen and oxygen atoms in total. The molecule has 0 radical (unpaired) electrons. The molecule has 12 aromatic rings. The SMILES string of the molecule is COc1ccc(C(OC[C@@H]2O[C@@H](n3cnc4c(NC(=O)c5ccccc5)ncnc43)[C@H](F)[C@@H]2C(C(C)C#N)[C@H]2O[C@@H](n3cnc4c(NC(=O)c5ccccc5)ncnc43)[C@H](F)[C@@H]2OC(c2ccccc2)(c2ccc(OC)cc2)c2ccc(OC)cc2)(c2ccccc2)c2ccc(OC)cc2)cc1. The predicted octanol–water partition coefficient (Wildman–Crippen LogP) is 13.5. The number of methoxy groups -OCH3 is 4. The molecule has 514 valence electrons. The topological polar surface area (TPSA) is 243 Å². The number of fused-ring (bicyclic) bond motifs is 2. The van der Waals surface area contributed by atoms with Gasteiger partial charge in [0.25, 0.3) is 11.8 Å². The van der Waals surface area contributed by atoms with Gasteiger partial charge in [-0.05, 0) is 113 Å². The van der Waals surface area contributed by atoms with Crippen molar-refractivity contribution in [3.63, 3.8) is 0 Å². The first-order valence-electron chi connectivity index (χ1n) is 33.0. The Kier molecular flexibility index (Phi) is 19.3. The quantitative estimate of drug-likeness (QED) is 0.0534. The Hall–Kier alpha value is -11.8. The van der Waals surface area contributed by atoms with Crippen LogP contribution >= 0.6 is 0 Å². The number of rotatable bonds is 24. The molecule has 10 atom stereocenters. The predicted molar refractivity (Wildman–Crippen MR) is 374 cm³/mol. The first-order valence-corrected chi connectivity index (χ1v) is 33.0. The molecule has 14 rings (SSSR count). The minimum atomic E-state index is -2.21. The van der Waals surface area contributed by atoms with E-state index in [1.54, 1.807) is 120 Å². The molecule has 8 aromatic carbocycles. The number of hydrogen-bond acceptors (Lipinski definition) is 17. The van der Waals surface area contributed by atoms with Gasteiger partial charge in [-0.2, -0.15) is 5.26 Å². The van der Waals surface area contributed by atoms with Crippen LogP contribution < -0.4 is 29.6 Å². The van der Waals surface area contributed by atoms with Crippen LogP contribution in [0.25, 0.3) is 22.3 Å². The molecular weight excluding hydrogens is 1300 g/mol. The number of amides is 2. The first kappa shape index (κ1) is 67.4. The number of halogens is 2. The van der Waals surface area contributed by atoms with E-state index in [1.807, 2.05) is 133 Å². The van der Waals surface area contributed by atoms with Crippen LogP contribution in [0.15, 0.2) is 244 Å². The van der Waals surface area contributed by atoms with Crippen molar-refractivity contribution in [2.45, 2.75) is 61.2 Å². The molecule has 2 amide bonds. The molecule has 4 aromatic heterocycles. The van der Waals surface area contributed by atoms with Crippen LogP contribution in [-0.2, 0) is 30.1 Å². The highest BCUT2D eigenvalue weighted by atomic mass is 19.1. The molecular formula is C79H69F2N11O10. The molecule has 0 spiro atoms. The molecule has 2 N–H and O–H groups in total. The molecule has 23 heteroatoms. The van der Waals surface area contributed by atoms with Gasteiger partial charge in [0.05, 0.1) is 66.0 Å². The van der Waals surface area contributed by atoms with E-state index in [0.29, 0.717) is 67.5 Å². The molecule has 0 bridgehead atoms. The number of nitriles is 1. The van der Waals surface area contributed by atoms with E-state index >= 15 is 8.78 Å². The number of benzene rings is 8. The molecule has 6 heterocycles. The van der Waals surface area contributed by atoms with Crippen LogP contribution in [0.3, 0.4) is 0 Å². The molecule has 2 saturated heterocycles. The largest absolute Gasteiger partial charge is 0.497 e. The summed E-state index contributed by atoms with van der Waals surface area (Å²) >= 11 is 0. The first-order chi connectivity index (χ1) is 49.9. The minimum Gasteiger partial charge on any atom is -0.497 e. The van der Waals surface area contributed by atoms with E-state index in [9.17, 15) is 14.9 Å². The van der Waals surface area contributed by atoms with Crippen molar-refractivity contribution >= 4 is 45.8 Å². The summed E-state index contributed by atoms with van der Waals surface area (Å²) < 4.78 is 95.3. The van der Waals surface area contributed by atoms with Gasteiger partial charge in [-0.3, -0.25) is 18.7 Å². The third-order valence-corrected chi connectivity index (χ3v) is 19.1. The van der Waals surface area contributed by atoms with Crippen molar-refractivity contribution in [2.75, 3.05) is 45.7 Å². The van der Waals surface area contributed by atoms with Gasteiger partial charge >= 0.3 is 0 Å². The number of ether oxygens (including phenoxy) is 8. The highest BCUT2D eigenvalue weighted by molar-refractivity contribution is 6.07. The Labute approximate surface area is 585 Å². The smallest absolute Gasteiger partial charge is 0.256 e. The third kappa shape index (κ3) is 12.5. The van der Waals surface area contributed by atoms with Crippen molar-refractivity contribution < 1.29 is 56.3 Å². The Balaban J connectivity index is 0.964. The van der Waals surface area contributed by atoms with E-state index in [4.69, 9.17) is 47.9 Å². The average Bonchev–Trinajstić information content (AvgIpc) is 1.44. The Bertz CT molecular complexity index is 4830. The lowest BCUT2D eigenvalue weighted by atomic mass is 9.73. The summed E-state index contributed by atoms with van der Waals surface area (Å²) in [6.45, 7) is 1.23. The lowest BCUT2D eigenvalue weighted by Crippen LogP contribution is -2.50. The van der Waals surface area contributed by atoms with E-state index in [1.165, 1.54) is 34.4 Å². The number of carbonyl (C=O) groups is 2. The number of hydrogen-bond donors (Lipinski definition) is 2. The van der Waals surface area contributed by atoms with Crippen molar-refractivity contribution in [3.8, 4) is 29.1 Å². The number of imidazole rings is 2. The number of nitrogens with zero attached hydrogens (tertiary/aromatic N) is 9. The van der Waals surface area contributed by atoms with E-state index < -0.39 is 90.5 Å². The zero-order valence-corrected chi connectivity index (χ0v) is 55.9. The van der Waals surface area contributed by atoms with Crippen LogP contribution in [0.2, 0.25) is 0 Å². The maximum atomic E-state index is 19.9. The second-order valence-corrected chi connectivity index (χ2v) is 24.7. The Morgan fingerprint density at radius 2 is 0.873 bits per heavy atom. The van der Waals surface area contributed by atoms with E-state index in [-0.39, 0.29) is 34.0 Å². The van der Waals surface area contributed by atoms with Crippen LogP contribution in [0.5, 0.6) is 23.0 Å². The van der Waals surface area contributed by atoms with Gasteiger partial charge in [0.1, 0.15) is 53.0 Å². The van der Waals surface area contributed by atoms with Gasteiger partial charge in [-0.1, -0.05) is 146 Å². The standard InChI is InChI=1S/C79H69F2N11O10/c1-48(42-82)62(68-69(65(81)77(101-68)92-47-88-67-71(84-45-86-73(67)92)90-75(94)50-20-12-7-13-21-50)102-79(52-24-16-9-17-25-52,55-30-38-59(97-4)39-31-55)56-32-40-60(98-5)41-33-56)63-61(100-76(64(63)80)91-46-87-66-70(83-44-85-72(66)91)89-74(93)49-18-10-6-11-19-49)43-99-78(51-22-14-8-15-23-51,53-26-34-57(95-2)35-27-53)54-28-36-58(96-3)37-29-54/h6-41,44-48,61-65,68-69,76-77H,43H2,1-5H3,(H,83,85,89,93)(H,84,86,90,94)/t48?,61-,62?,63-,64+,65+,68+,69-,76+,77+/m0/s1. The number of alkyl halides is 2. The summed E-state index contributed by atoms with van der Waals surface area (Å²) in [5, 5.41) is 17.4. The van der Waals surface area contributed by atoms with Gasteiger partial charge in [0.15, 0.2) is 58.8 Å². The lowest BCUT2D eigenvalue weighted by Gasteiger charge is -2.42. The molecule has 0 saturated carbocycles. The van der Waals surface area contributed by atoms with Gasteiger partial charge in [-0.25, -0.2) is 38.7 Å². The van der Waals surface area contributed by atoms with E-state index in [2.05, 4.69) is 36.6 Å². The molecule has 2 aliphatic heterocycles. The molecule has 2 unspecified atom stereocenters. The zero-order valence-electron chi connectivity index (χ0n) is 55.9. The van der Waals surface area contributed by atoms with Crippen LogP contribution in [0, 0.1) is 29.1 Å². The maximum Gasteiger partial charge on any atom is 0.256 e. The zero-order chi connectivity index (χ0) is 70.5. The maximum absolute atomic E-state index is 19.9. The van der Waals surface area contributed by atoms with Crippen LogP contribution in [0.1, 0.15) is 73.5 Å². The van der Waals surface area contributed by atoms with Gasteiger partial charge in [0.2, 0.25) is 0 Å². The molecule has 2 fully saturated rings. The van der Waals surface area contributed by atoms with Crippen LogP contribution in [-0.4, -0.2) is 117 Å². The Morgan fingerprint density at radius 3 is 1.27 bits per heavy atom. The lowest BCUT2D eigenvalue weighted by molar-refractivity contribution is -0.135. The summed E-state index contributed by atoms with van der Waals surface area (Å²) in [7, 11) is 6.25. The summed E-state index contributed by atoms with van der Waals surface area (Å²) in [4.78, 5) is 54.9. The number of nitrogens with one attached hydrogen (secondary N) is 2. The number of carbonyl (C=O) groups excluding carboxylic acids is 2. The number of anilines is 2. The van der Waals surface area contributed by atoms with Crippen molar-refractivity contribution in [2.24, 2.45) is 17.8 Å². The minimum absolute atomic E-state index is 0.0274. The summed E-state index contributed by atoms with van der Waals surface area (Å²) in [5.41, 5.74) is 1.38. The number of aromatic nitrogens is 8. The van der Waals surface area contributed by atoms with Gasteiger partial charge < -0.3 is 48.5 Å². The Morgan fingerprint density at radius 1 is 0.500 bits per heavy atom. The molecule has 102 heavy (non-hydrogen) atoms. The van der Waals surface area contributed by atoms with Crippen molar-refractivity contribution in [3.05, 3.63) is 288 Å². The van der Waals surface area contributed by atoms with E-state index in [0.717, 1.165) is 0 Å². The van der Waals surface area contributed by atoms with Crippen molar-refractivity contribution in [1.82, 2.24) is 39.0 Å². The monoisotopic (exact) mass is 1370 g/mol. The normalized spacial score (nSPS) is 19.5. The average molecular weight is 1370 g/mol. The summed E-state index contributed by atoms with van der Waals surface area (Å²) in [6.07, 6.45) is -7.20. The van der Waals surface area contributed by atoms with Crippen LogP contribution in [0.4, 0.5) is 20.4 Å². The van der Waals surface area contributed by atoms with Gasteiger partial charge in [0, 0.05) is 28.9 Å².